The number of aromatic amines is 1. The number of ether oxygens (including phenoxy) is 3. The highest BCUT2D eigenvalue weighted by Gasteiger charge is 2.48. The van der Waals surface area contributed by atoms with Gasteiger partial charge in [0.1, 0.15) is 24.0 Å². The standard InChI is InChI=1S/C21H31FN4O7/c1-6-10(2)15(24-20(30)33-21(3,4)5)18(28)23-12-9-31-13-7-14(32-16(12)13)26-8-11(22)17(27)25-19(26)29/h8,10,12-16H,6-7,9H2,1-5H3,(H,23,28)(H,24,30)(H,25,27,29)/t10-,12-,13+,14+,15-,16+/m0/s1. The third-order valence-electron chi connectivity index (χ3n) is 5.73. The zero-order valence-corrected chi connectivity index (χ0v) is 19.3. The summed E-state index contributed by atoms with van der Waals surface area (Å²) in [4.78, 5) is 50.5. The number of carbonyl (C=O) groups excluding carboxylic acids is 2. The van der Waals surface area contributed by atoms with E-state index in [0.29, 0.717) is 6.42 Å². The van der Waals surface area contributed by atoms with Crippen molar-refractivity contribution in [2.75, 3.05) is 6.61 Å². The fraction of sp³-hybridized carbons (Fsp3) is 0.714. The van der Waals surface area contributed by atoms with E-state index in [-0.39, 0.29) is 18.9 Å². The van der Waals surface area contributed by atoms with Gasteiger partial charge in [-0.25, -0.2) is 9.59 Å². The number of hydrogen-bond acceptors (Lipinski definition) is 7. The monoisotopic (exact) mass is 470 g/mol. The Labute approximate surface area is 190 Å². The largest absolute Gasteiger partial charge is 0.444 e. The minimum Gasteiger partial charge on any atom is -0.444 e. The minimum atomic E-state index is -1.11. The average Bonchev–Trinajstić information content (AvgIpc) is 3.28. The van der Waals surface area contributed by atoms with Gasteiger partial charge in [-0.15, -0.1) is 0 Å². The predicted octanol–water partition coefficient (Wildman–Crippen LogP) is 0.786. The second-order valence-electron chi connectivity index (χ2n) is 9.43. The Morgan fingerprint density at radius 3 is 2.70 bits per heavy atom. The summed E-state index contributed by atoms with van der Waals surface area (Å²) in [6, 6.07) is -1.38. The molecule has 3 rings (SSSR count). The Balaban J connectivity index is 1.68. The lowest BCUT2D eigenvalue weighted by Gasteiger charge is -2.28. The van der Waals surface area contributed by atoms with Crippen LogP contribution in [-0.2, 0) is 19.0 Å². The van der Waals surface area contributed by atoms with Crippen LogP contribution in [0.15, 0.2) is 15.8 Å². The highest BCUT2D eigenvalue weighted by molar-refractivity contribution is 5.86. The molecular weight excluding hydrogens is 439 g/mol. The van der Waals surface area contributed by atoms with Crippen molar-refractivity contribution in [1.29, 1.82) is 0 Å². The molecule has 2 aliphatic heterocycles. The summed E-state index contributed by atoms with van der Waals surface area (Å²) in [7, 11) is 0. The highest BCUT2D eigenvalue weighted by atomic mass is 19.1. The van der Waals surface area contributed by atoms with Crippen LogP contribution in [0, 0.1) is 11.7 Å². The molecule has 0 unspecified atom stereocenters. The molecule has 2 saturated heterocycles. The van der Waals surface area contributed by atoms with Gasteiger partial charge >= 0.3 is 11.8 Å². The smallest absolute Gasteiger partial charge is 0.408 e. The summed E-state index contributed by atoms with van der Waals surface area (Å²) in [6.07, 6.45) is -0.885. The molecule has 0 radical (unpaired) electrons. The van der Waals surface area contributed by atoms with Crippen molar-refractivity contribution in [3.05, 3.63) is 32.9 Å². The van der Waals surface area contributed by atoms with E-state index in [1.165, 1.54) is 0 Å². The lowest BCUT2D eigenvalue weighted by atomic mass is 9.98. The van der Waals surface area contributed by atoms with Gasteiger partial charge in [0.05, 0.1) is 24.9 Å². The van der Waals surface area contributed by atoms with E-state index in [1.807, 2.05) is 18.8 Å². The van der Waals surface area contributed by atoms with E-state index in [2.05, 4.69) is 10.6 Å². The SMILES string of the molecule is CC[C@H](C)[C@H](NC(=O)OC(C)(C)C)C(=O)N[C@H]1CO[C@@H]2C[C@H](n3cc(F)c(=O)[nH]c3=O)O[C@H]12. The highest BCUT2D eigenvalue weighted by Crippen LogP contribution is 2.35. The molecule has 0 aromatic carbocycles. The van der Waals surface area contributed by atoms with Crippen LogP contribution in [0.4, 0.5) is 9.18 Å². The molecule has 11 nitrogen and oxygen atoms in total. The first-order valence-electron chi connectivity index (χ1n) is 11.0. The molecule has 1 aromatic rings. The Morgan fingerprint density at radius 2 is 2.06 bits per heavy atom. The van der Waals surface area contributed by atoms with Gasteiger partial charge in [-0.1, -0.05) is 20.3 Å². The zero-order chi connectivity index (χ0) is 24.5. The number of alkyl carbamates (subject to hydrolysis) is 1. The number of hydrogen-bond donors (Lipinski definition) is 3. The summed E-state index contributed by atoms with van der Waals surface area (Å²) in [5, 5.41) is 5.50. The molecule has 3 heterocycles. The third-order valence-corrected chi connectivity index (χ3v) is 5.73. The molecule has 2 fully saturated rings. The van der Waals surface area contributed by atoms with E-state index < -0.39 is 65.2 Å². The first-order valence-corrected chi connectivity index (χ1v) is 11.0. The molecule has 3 N–H and O–H groups in total. The number of carbonyl (C=O) groups is 2. The number of H-pyrrole nitrogens is 1. The first kappa shape index (κ1) is 24.9. The maximum absolute atomic E-state index is 13.7. The molecule has 0 saturated carbocycles. The van der Waals surface area contributed by atoms with Gasteiger partial charge in [0.2, 0.25) is 11.7 Å². The number of aromatic nitrogens is 2. The molecule has 2 aliphatic rings. The fourth-order valence-corrected chi connectivity index (χ4v) is 3.88. The molecule has 0 bridgehead atoms. The van der Waals surface area contributed by atoms with Crippen LogP contribution in [0.5, 0.6) is 0 Å². The van der Waals surface area contributed by atoms with Crippen molar-refractivity contribution >= 4 is 12.0 Å². The molecule has 12 heteroatoms. The van der Waals surface area contributed by atoms with Crippen molar-refractivity contribution in [3.63, 3.8) is 0 Å². The van der Waals surface area contributed by atoms with Gasteiger partial charge in [0.15, 0.2) is 0 Å². The molecule has 2 amide bonds. The zero-order valence-electron chi connectivity index (χ0n) is 19.3. The summed E-state index contributed by atoms with van der Waals surface area (Å²) in [5.74, 6) is -1.69. The van der Waals surface area contributed by atoms with E-state index in [4.69, 9.17) is 14.2 Å². The number of halogens is 1. The van der Waals surface area contributed by atoms with E-state index in [0.717, 1.165) is 10.8 Å². The summed E-state index contributed by atoms with van der Waals surface area (Å²) >= 11 is 0. The Kier molecular flexibility index (Phi) is 7.27. The van der Waals surface area contributed by atoms with Gasteiger partial charge in [-0.2, -0.15) is 4.39 Å². The topological polar surface area (TPSA) is 141 Å². The number of rotatable bonds is 6. The minimum absolute atomic E-state index is 0.171. The first-order chi connectivity index (χ1) is 15.4. The maximum Gasteiger partial charge on any atom is 0.408 e. The van der Waals surface area contributed by atoms with Gasteiger partial charge in [0, 0.05) is 6.42 Å². The van der Waals surface area contributed by atoms with Crippen molar-refractivity contribution < 1.29 is 28.2 Å². The second-order valence-corrected chi connectivity index (χ2v) is 9.43. The van der Waals surface area contributed by atoms with Crippen LogP contribution in [0.1, 0.15) is 53.7 Å². The van der Waals surface area contributed by atoms with E-state index in [1.54, 1.807) is 20.8 Å². The van der Waals surface area contributed by atoms with Crippen LogP contribution in [0.3, 0.4) is 0 Å². The number of amides is 2. The Morgan fingerprint density at radius 1 is 1.36 bits per heavy atom. The van der Waals surface area contributed by atoms with Gasteiger partial charge in [-0.3, -0.25) is 19.1 Å². The van der Waals surface area contributed by atoms with Crippen LogP contribution >= 0.6 is 0 Å². The lowest BCUT2D eigenvalue weighted by Crippen LogP contribution is -2.55. The van der Waals surface area contributed by atoms with Gasteiger partial charge in [-0.05, 0) is 26.7 Å². The second kappa shape index (κ2) is 9.64. The molecule has 6 atom stereocenters. The van der Waals surface area contributed by atoms with Gasteiger partial charge in [0.25, 0.3) is 5.56 Å². The number of nitrogens with zero attached hydrogens (tertiary/aromatic N) is 1. The molecule has 1 aromatic heterocycles. The fourth-order valence-electron chi connectivity index (χ4n) is 3.88. The van der Waals surface area contributed by atoms with Crippen LogP contribution in [0.2, 0.25) is 0 Å². The molecule has 33 heavy (non-hydrogen) atoms. The lowest BCUT2D eigenvalue weighted by molar-refractivity contribution is -0.126. The molecule has 0 aliphatic carbocycles. The van der Waals surface area contributed by atoms with Crippen molar-refractivity contribution in [1.82, 2.24) is 20.2 Å². The average molecular weight is 470 g/mol. The summed E-state index contributed by atoms with van der Waals surface area (Å²) in [6.45, 7) is 9.12. The Hall–Kier alpha value is -2.73. The molecular formula is C21H31FN4O7. The molecule has 184 valence electrons. The van der Waals surface area contributed by atoms with Gasteiger partial charge < -0.3 is 24.8 Å². The normalized spacial score (nSPS) is 26.4. The van der Waals surface area contributed by atoms with Crippen molar-refractivity contribution in [2.45, 2.75) is 83.6 Å². The predicted molar refractivity (Wildman–Crippen MR) is 114 cm³/mol. The van der Waals surface area contributed by atoms with Crippen LogP contribution < -0.4 is 21.9 Å². The maximum atomic E-state index is 13.7. The van der Waals surface area contributed by atoms with E-state index >= 15 is 0 Å². The quantitative estimate of drug-likeness (QED) is 0.558. The summed E-state index contributed by atoms with van der Waals surface area (Å²) < 4.78 is 31.5. The molecule has 0 spiro atoms. The number of nitrogens with one attached hydrogen (secondary N) is 3. The van der Waals surface area contributed by atoms with E-state index in [9.17, 15) is 23.6 Å². The third kappa shape index (κ3) is 5.80. The summed E-state index contributed by atoms with van der Waals surface area (Å²) in [5.41, 5.74) is -2.62. The van der Waals surface area contributed by atoms with Crippen LogP contribution in [-0.4, -0.2) is 58.1 Å². The number of fused-ring (bicyclic) bond motifs is 1. The Bertz CT molecular complexity index is 1000. The van der Waals surface area contributed by atoms with Crippen molar-refractivity contribution in [3.8, 4) is 0 Å². The van der Waals surface area contributed by atoms with Crippen molar-refractivity contribution in [2.24, 2.45) is 5.92 Å². The van der Waals surface area contributed by atoms with Crippen LogP contribution in [0.25, 0.3) is 0 Å².